The predicted molar refractivity (Wildman–Crippen MR) is 123 cm³/mol. The van der Waals surface area contributed by atoms with Crippen molar-refractivity contribution in [1.29, 1.82) is 0 Å². The Morgan fingerprint density at radius 1 is 1.06 bits per heavy atom. The smallest absolute Gasteiger partial charge is 0.119 e. The fraction of sp³-hybridized carbons (Fsp3) is 0.440. The number of halogens is 1. The van der Waals surface area contributed by atoms with E-state index in [0.29, 0.717) is 29.2 Å². The molecule has 33 heavy (non-hydrogen) atoms. The fourth-order valence-electron chi connectivity index (χ4n) is 3.87. The van der Waals surface area contributed by atoms with E-state index in [1.54, 1.807) is 12.1 Å². The van der Waals surface area contributed by atoms with Crippen LogP contribution in [0.1, 0.15) is 35.3 Å². The number of hydrogen-bond acceptors (Lipinski definition) is 7. The number of terminal acetylenes is 1. The van der Waals surface area contributed by atoms with E-state index < -0.39 is 37.1 Å². The van der Waals surface area contributed by atoms with Gasteiger partial charge in [-0.25, -0.2) is 0 Å². The van der Waals surface area contributed by atoms with E-state index in [1.165, 1.54) is 0 Å². The lowest BCUT2D eigenvalue weighted by atomic mass is 9.87. The predicted octanol–water partition coefficient (Wildman–Crippen LogP) is 1.99. The van der Waals surface area contributed by atoms with Crippen LogP contribution in [-0.2, 0) is 22.5 Å². The summed E-state index contributed by atoms with van der Waals surface area (Å²) in [5.74, 6) is 3.17. The van der Waals surface area contributed by atoms with Gasteiger partial charge in [-0.1, -0.05) is 35.7 Å². The SMILES string of the molecule is C#CCOCc1cc(Cl)c(Cc2ccc(OCC)cc2)cc1[C@@H]1O[C@H](CO)[C@@H](O)[C@H](O)[C@H]1O. The molecule has 4 N–H and O–H groups in total. The third kappa shape index (κ3) is 6.05. The Hall–Kier alpha value is -2.15. The molecule has 0 unspecified atom stereocenters. The zero-order valence-corrected chi connectivity index (χ0v) is 19.1. The van der Waals surface area contributed by atoms with Crippen molar-refractivity contribution < 1.29 is 34.6 Å². The topological polar surface area (TPSA) is 109 Å². The number of rotatable bonds is 9. The molecule has 2 aromatic carbocycles. The highest BCUT2D eigenvalue weighted by Crippen LogP contribution is 2.37. The molecule has 8 heteroatoms. The molecule has 1 aliphatic rings. The monoisotopic (exact) mass is 476 g/mol. The molecule has 0 spiro atoms. The van der Waals surface area contributed by atoms with Crippen molar-refractivity contribution in [3.63, 3.8) is 0 Å². The minimum atomic E-state index is -1.49. The van der Waals surface area contributed by atoms with Crippen LogP contribution in [-0.4, -0.2) is 64.7 Å². The van der Waals surface area contributed by atoms with Gasteiger partial charge in [0.25, 0.3) is 0 Å². The van der Waals surface area contributed by atoms with Gasteiger partial charge < -0.3 is 34.6 Å². The van der Waals surface area contributed by atoms with Gasteiger partial charge in [0.05, 0.1) is 19.8 Å². The molecule has 1 fully saturated rings. The Morgan fingerprint density at radius 3 is 2.42 bits per heavy atom. The van der Waals surface area contributed by atoms with Gasteiger partial charge in [-0.2, -0.15) is 0 Å². The van der Waals surface area contributed by atoms with E-state index in [0.717, 1.165) is 16.9 Å². The van der Waals surface area contributed by atoms with Gasteiger partial charge in [0.1, 0.15) is 42.9 Å². The van der Waals surface area contributed by atoms with Gasteiger partial charge in [-0.15, -0.1) is 6.42 Å². The molecular formula is C25H29ClO7. The maximum Gasteiger partial charge on any atom is 0.119 e. The summed E-state index contributed by atoms with van der Waals surface area (Å²) >= 11 is 6.57. The zero-order chi connectivity index (χ0) is 24.0. The quantitative estimate of drug-likeness (QED) is 0.324. The minimum absolute atomic E-state index is 0.0830. The maximum atomic E-state index is 10.7. The van der Waals surface area contributed by atoms with Crippen molar-refractivity contribution in [2.24, 2.45) is 0 Å². The Morgan fingerprint density at radius 2 is 1.79 bits per heavy atom. The molecular weight excluding hydrogens is 448 g/mol. The number of hydrogen-bond donors (Lipinski definition) is 4. The summed E-state index contributed by atoms with van der Waals surface area (Å²) in [6.45, 7) is 2.17. The molecule has 1 heterocycles. The third-order valence-corrected chi connectivity index (χ3v) is 5.93. The highest BCUT2D eigenvalue weighted by atomic mass is 35.5. The van der Waals surface area contributed by atoms with Gasteiger partial charge >= 0.3 is 0 Å². The number of benzene rings is 2. The molecule has 0 saturated carbocycles. The van der Waals surface area contributed by atoms with Crippen molar-refractivity contribution in [3.8, 4) is 18.1 Å². The Labute approximate surface area is 198 Å². The molecule has 178 valence electrons. The summed E-state index contributed by atoms with van der Waals surface area (Å²) in [4.78, 5) is 0. The van der Waals surface area contributed by atoms with Gasteiger partial charge in [0.2, 0.25) is 0 Å². The summed E-state index contributed by atoms with van der Waals surface area (Å²) in [5, 5.41) is 41.2. The fourth-order valence-corrected chi connectivity index (χ4v) is 4.13. The van der Waals surface area contributed by atoms with Gasteiger partial charge in [0, 0.05) is 5.02 Å². The Bertz CT molecular complexity index is 954. The molecule has 1 aliphatic heterocycles. The van der Waals surface area contributed by atoms with Crippen LogP contribution < -0.4 is 4.74 Å². The van der Waals surface area contributed by atoms with Crippen molar-refractivity contribution in [3.05, 3.63) is 63.7 Å². The van der Waals surface area contributed by atoms with Crippen LogP contribution in [0.15, 0.2) is 36.4 Å². The normalized spacial score (nSPS) is 24.9. The van der Waals surface area contributed by atoms with Crippen LogP contribution in [0, 0.1) is 12.3 Å². The van der Waals surface area contributed by atoms with Gasteiger partial charge in [0.15, 0.2) is 0 Å². The van der Waals surface area contributed by atoms with Crippen molar-refractivity contribution in [1.82, 2.24) is 0 Å². The first-order valence-electron chi connectivity index (χ1n) is 10.7. The van der Waals surface area contributed by atoms with Gasteiger partial charge in [-0.3, -0.25) is 0 Å². The summed E-state index contributed by atoms with van der Waals surface area (Å²) in [6, 6.07) is 11.2. The standard InChI is InChI=1S/C25H29ClO7/c1-3-9-31-14-17-12-20(26)16(10-15-5-7-18(8-6-15)32-4-2)11-19(17)25-24(30)23(29)22(28)21(13-27)33-25/h1,5-8,11-12,21-25,27-30H,4,9-10,13-14H2,2H3/t21-,22-,23+,24-,25+/m1/s1. The van der Waals surface area contributed by atoms with Crippen LogP contribution in [0.25, 0.3) is 0 Å². The first kappa shape index (κ1) is 25.5. The maximum absolute atomic E-state index is 10.7. The van der Waals surface area contributed by atoms with E-state index in [-0.39, 0.29) is 13.2 Å². The van der Waals surface area contributed by atoms with Crippen LogP contribution in [0.2, 0.25) is 5.02 Å². The van der Waals surface area contributed by atoms with E-state index in [4.69, 9.17) is 32.2 Å². The van der Waals surface area contributed by atoms with Crippen LogP contribution >= 0.6 is 11.6 Å². The van der Waals surface area contributed by atoms with Crippen molar-refractivity contribution in [2.75, 3.05) is 19.8 Å². The van der Waals surface area contributed by atoms with E-state index in [1.807, 2.05) is 31.2 Å². The van der Waals surface area contributed by atoms with Crippen molar-refractivity contribution >= 4 is 11.6 Å². The lowest BCUT2D eigenvalue weighted by Crippen LogP contribution is -2.55. The highest BCUT2D eigenvalue weighted by molar-refractivity contribution is 6.31. The number of ether oxygens (including phenoxy) is 3. The largest absolute Gasteiger partial charge is 0.494 e. The van der Waals surface area contributed by atoms with Crippen LogP contribution in [0.3, 0.4) is 0 Å². The van der Waals surface area contributed by atoms with Gasteiger partial charge in [-0.05, 0) is 53.8 Å². The van der Waals surface area contributed by atoms with Crippen molar-refractivity contribution in [2.45, 2.75) is 50.5 Å². The second-order valence-electron chi connectivity index (χ2n) is 7.84. The molecule has 0 aromatic heterocycles. The van der Waals surface area contributed by atoms with E-state index >= 15 is 0 Å². The second-order valence-corrected chi connectivity index (χ2v) is 8.25. The van der Waals surface area contributed by atoms with E-state index in [2.05, 4.69) is 5.92 Å². The Kier molecular flexibility index (Phi) is 9.12. The summed E-state index contributed by atoms with van der Waals surface area (Å²) < 4.78 is 16.7. The van der Waals surface area contributed by atoms with Crippen LogP contribution in [0.4, 0.5) is 0 Å². The lowest BCUT2D eigenvalue weighted by Gasteiger charge is -2.41. The zero-order valence-electron chi connectivity index (χ0n) is 18.4. The molecule has 0 radical (unpaired) electrons. The highest BCUT2D eigenvalue weighted by Gasteiger charge is 2.44. The summed E-state index contributed by atoms with van der Waals surface area (Å²) in [6.07, 6.45) is -0.633. The number of aliphatic hydroxyl groups excluding tert-OH is 4. The molecule has 0 bridgehead atoms. The molecule has 1 saturated heterocycles. The molecule has 5 atom stereocenters. The first-order valence-corrected chi connectivity index (χ1v) is 11.1. The molecule has 0 aliphatic carbocycles. The summed E-state index contributed by atoms with van der Waals surface area (Å²) in [7, 11) is 0. The molecule has 2 aromatic rings. The average Bonchev–Trinajstić information content (AvgIpc) is 2.81. The second kappa shape index (κ2) is 11.8. The van der Waals surface area contributed by atoms with E-state index in [9.17, 15) is 20.4 Å². The minimum Gasteiger partial charge on any atom is -0.494 e. The lowest BCUT2D eigenvalue weighted by molar-refractivity contribution is -0.232. The Balaban J connectivity index is 1.96. The molecule has 7 nitrogen and oxygen atoms in total. The van der Waals surface area contributed by atoms with Crippen LogP contribution in [0.5, 0.6) is 5.75 Å². The molecule has 0 amide bonds. The molecule has 3 rings (SSSR count). The third-order valence-electron chi connectivity index (χ3n) is 5.58. The average molecular weight is 477 g/mol. The first-order chi connectivity index (χ1) is 15.9. The summed E-state index contributed by atoms with van der Waals surface area (Å²) in [5.41, 5.74) is 2.93. The number of aliphatic hydroxyl groups is 4.